The van der Waals surface area contributed by atoms with E-state index in [1.165, 1.54) is 0 Å². The Balaban J connectivity index is 2.80. The molecule has 0 aliphatic heterocycles. The van der Waals surface area contributed by atoms with Crippen molar-refractivity contribution < 1.29 is 14.3 Å². The smallest absolute Gasteiger partial charge is 0.319 e. The number of amides is 2. The van der Waals surface area contributed by atoms with Gasteiger partial charge in [-0.25, -0.2) is 4.79 Å². The van der Waals surface area contributed by atoms with Crippen molar-refractivity contribution in [3.05, 3.63) is 18.2 Å². The first kappa shape index (κ1) is 13.2. The molecular weight excluding hydrogens is 220 g/mol. The summed E-state index contributed by atoms with van der Waals surface area (Å²) >= 11 is 0. The summed E-state index contributed by atoms with van der Waals surface area (Å²) in [6.45, 7) is 3.79. The number of anilines is 1. The van der Waals surface area contributed by atoms with Crippen LogP contribution in [0.5, 0.6) is 11.5 Å². The number of methoxy groups -OCH3 is 2. The van der Waals surface area contributed by atoms with Crippen LogP contribution in [0.1, 0.15) is 13.8 Å². The Hall–Kier alpha value is -1.91. The van der Waals surface area contributed by atoms with E-state index < -0.39 is 0 Å². The summed E-state index contributed by atoms with van der Waals surface area (Å²) in [6.07, 6.45) is 0. The number of benzene rings is 1. The molecule has 0 aliphatic rings. The van der Waals surface area contributed by atoms with Crippen molar-refractivity contribution in [2.24, 2.45) is 0 Å². The van der Waals surface area contributed by atoms with Gasteiger partial charge < -0.3 is 20.1 Å². The molecule has 0 atom stereocenters. The molecule has 0 saturated heterocycles. The third kappa shape index (κ3) is 3.86. The zero-order chi connectivity index (χ0) is 12.8. The van der Waals surface area contributed by atoms with Gasteiger partial charge in [0, 0.05) is 12.1 Å². The van der Waals surface area contributed by atoms with Crippen LogP contribution in [0.15, 0.2) is 18.2 Å². The van der Waals surface area contributed by atoms with Gasteiger partial charge in [-0.1, -0.05) is 0 Å². The SMILES string of the molecule is COc1ccc(NC(=O)NC(C)C)c(OC)c1. The number of carbonyl (C=O) groups excluding carboxylic acids is 1. The minimum Gasteiger partial charge on any atom is -0.497 e. The first-order chi connectivity index (χ1) is 8.06. The Labute approximate surface area is 101 Å². The summed E-state index contributed by atoms with van der Waals surface area (Å²) in [7, 11) is 3.12. The summed E-state index contributed by atoms with van der Waals surface area (Å²) in [5.41, 5.74) is 0.603. The highest BCUT2D eigenvalue weighted by molar-refractivity contribution is 5.91. The second kappa shape index (κ2) is 5.98. The maximum atomic E-state index is 11.5. The van der Waals surface area contributed by atoms with Gasteiger partial charge in [0.05, 0.1) is 19.9 Å². The normalized spacial score (nSPS) is 9.94. The number of rotatable bonds is 4. The van der Waals surface area contributed by atoms with Crippen LogP contribution < -0.4 is 20.1 Å². The molecule has 0 saturated carbocycles. The topological polar surface area (TPSA) is 59.6 Å². The standard InChI is InChI=1S/C12H18N2O3/c1-8(2)13-12(15)14-10-6-5-9(16-3)7-11(10)17-4/h5-8H,1-4H3,(H2,13,14,15). The van der Waals surface area contributed by atoms with E-state index in [1.54, 1.807) is 32.4 Å². The maximum absolute atomic E-state index is 11.5. The van der Waals surface area contributed by atoms with Gasteiger partial charge in [-0.3, -0.25) is 0 Å². The predicted molar refractivity (Wildman–Crippen MR) is 66.8 cm³/mol. The summed E-state index contributed by atoms with van der Waals surface area (Å²) in [5, 5.41) is 5.45. The van der Waals surface area contributed by atoms with Crippen LogP contribution in [0.25, 0.3) is 0 Å². The van der Waals surface area contributed by atoms with E-state index >= 15 is 0 Å². The van der Waals surface area contributed by atoms with Crippen LogP contribution in [0, 0.1) is 0 Å². The fraction of sp³-hybridized carbons (Fsp3) is 0.417. The Morgan fingerprint density at radius 2 is 1.94 bits per heavy atom. The highest BCUT2D eigenvalue weighted by Crippen LogP contribution is 2.28. The molecule has 0 heterocycles. The molecule has 0 bridgehead atoms. The molecule has 2 N–H and O–H groups in total. The van der Waals surface area contributed by atoms with Crippen molar-refractivity contribution in [1.82, 2.24) is 5.32 Å². The van der Waals surface area contributed by atoms with Crippen LogP contribution >= 0.6 is 0 Å². The third-order valence-corrected chi connectivity index (χ3v) is 2.08. The molecule has 1 aromatic rings. The Kier molecular flexibility index (Phi) is 4.63. The first-order valence-corrected chi connectivity index (χ1v) is 5.36. The van der Waals surface area contributed by atoms with Crippen molar-refractivity contribution in [3.8, 4) is 11.5 Å². The van der Waals surface area contributed by atoms with Crippen LogP contribution in [0.2, 0.25) is 0 Å². The average Bonchev–Trinajstić information content (AvgIpc) is 2.28. The molecule has 94 valence electrons. The molecule has 0 aromatic heterocycles. The fourth-order valence-electron chi connectivity index (χ4n) is 1.32. The van der Waals surface area contributed by atoms with Crippen LogP contribution in [-0.2, 0) is 0 Å². The lowest BCUT2D eigenvalue weighted by Crippen LogP contribution is -2.34. The molecule has 0 radical (unpaired) electrons. The van der Waals surface area contributed by atoms with Gasteiger partial charge in [0.1, 0.15) is 11.5 Å². The molecule has 5 nitrogen and oxygen atoms in total. The highest BCUT2D eigenvalue weighted by atomic mass is 16.5. The van der Waals surface area contributed by atoms with Crippen molar-refractivity contribution >= 4 is 11.7 Å². The highest BCUT2D eigenvalue weighted by Gasteiger charge is 2.09. The van der Waals surface area contributed by atoms with Gasteiger partial charge in [0.15, 0.2) is 0 Å². The molecule has 0 spiro atoms. The second-order valence-electron chi connectivity index (χ2n) is 3.82. The Bertz CT molecular complexity index is 391. The van der Waals surface area contributed by atoms with Gasteiger partial charge in [0.25, 0.3) is 0 Å². The van der Waals surface area contributed by atoms with E-state index in [0.29, 0.717) is 17.2 Å². The number of hydrogen-bond acceptors (Lipinski definition) is 3. The Morgan fingerprint density at radius 1 is 1.24 bits per heavy atom. The predicted octanol–water partition coefficient (Wildman–Crippen LogP) is 2.23. The van der Waals surface area contributed by atoms with Crippen molar-refractivity contribution in [1.29, 1.82) is 0 Å². The van der Waals surface area contributed by atoms with Crippen LogP contribution in [0.3, 0.4) is 0 Å². The zero-order valence-electron chi connectivity index (χ0n) is 10.5. The molecule has 17 heavy (non-hydrogen) atoms. The molecular formula is C12H18N2O3. The van der Waals surface area contributed by atoms with Crippen LogP contribution in [-0.4, -0.2) is 26.3 Å². The molecule has 0 unspecified atom stereocenters. The molecule has 1 aromatic carbocycles. The van der Waals surface area contributed by atoms with E-state index in [-0.39, 0.29) is 12.1 Å². The van der Waals surface area contributed by atoms with Crippen molar-refractivity contribution in [2.45, 2.75) is 19.9 Å². The largest absolute Gasteiger partial charge is 0.497 e. The van der Waals surface area contributed by atoms with E-state index in [4.69, 9.17) is 9.47 Å². The van der Waals surface area contributed by atoms with Crippen LogP contribution in [0.4, 0.5) is 10.5 Å². The van der Waals surface area contributed by atoms with Gasteiger partial charge in [-0.2, -0.15) is 0 Å². The van der Waals surface area contributed by atoms with Gasteiger partial charge >= 0.3 is 6.03 Å². The number of hydrogen-bond donors (Lipinski definition) is 2. The van der Waals surface area contributed by atoms with E-state index in [0.717, 1.165) is 0 Å². The molecule has 1 rings (SSSR count). The Morgan fingerprint density at radius 3 is 2.47 bits per heavy atom. The monoisotopic (exact) mass is 238 g/mol. The van der Waals surface area contributed by atoms with Crippen molar-refractivity contribution in [3.63, 3.8) is 0 Å². The average molecular weight is 238 g/mol. The lowest BCUT2D eigenvalue weighted by atomic mass is 10.2. The summed E-state index contributed by atoms with van der Waals surface area (Å²) in [4.78, 5) is 11.5. The minimum absolute atomic E-state index is 0.0826. The van der Waals surface area contributed by atoms with E-state index in [1.807, 2.05) is 13.8 Å². The lowest BCUT2D eigenvalue weighted by molar-refractivity contribution is 0.250. The van der Waals surface area contributed by atoms with E-state index in [2.05, 4.69) is 10.6 Å². The van der Waals surface area contributed by atoms with Gasteiger partial charge in [0.2, 0.25) is 0 Å². The summed E-state index contributed by atoms with van der Waals surface area (Å²) < 4.78 is 10.2. The number of carbonyl (C=O) groups is 1. The van der Waals surface area contributed by atoms with E-state index in [9.17, 15) is 4.79 Å². The third-order valence-electron chi connectivity index (χ3n) is 2.08. The van der Waals surface area contributed by atoms with Crippen molar-refractivity contribution in [2.75, 3.05) is 19.5 Å². The number of nitrogens with one attached hydrogen (secondary N) is 2. The lowest BCUT2D eigenvalue weighted by Gasteiger charge is -2.13. The summed E-state index contributed by atoms with van der Waals surface area (Å²) in [6, 6.07) is 5.03. The molecule has 0 fully saturated rings. The first-order valence-electron chi connectivity index (χ1n) is 5.36. The number of urea groups is 1. The second-order valence-corrected chi connectivity index (χ2v) is 3.82. The zero-order valence-corrected chi connectivity index (χ0v) is 10.5. The quantitative estimate of drug-likeness (QED) is 0.845. The number of ether oxygens (including phenoxy) is 2. The fourth-order valence-corrected chi connectivity index (χ4v) is 1.32. The molecule has 2 amide bonds. The molecule has 0 aliphatic carbocycles. The van der Waals surface area contributed by atoms with Gasteiger partial charge in [-0.05, 0) is 26.0 Å². The van der Waals surface area contributed by atoms with Gasteiger partial charge in [-0.15, -0.1) is 0 Å². The summed E-state index contributed by atoms with van der Waals surface area (Å²) in [5.74, 6) is 1.24. The molecule has 5 heteroatoms. The minimum atomic E-state index is -0.261. The maximum Gasteiger partial charge on any atom is 0.319 e.